The van der Waals surface area contributed by atoms with Crippen LogP contribution in [0.1, 0.15) is 16.7 Å². The van der Waals surface area contributed by atoms with E-state index in [1.54, 1.807) is 18.3 Å². The molecule has 0 atom stereocenters. The molecule has 8 heteroatoms. The third-order valence-electron chi connectivity index (χ3n) is 4.95. The Kier molecular flexibility index (Phi) is 6.47. The average molecular weight is 414 g/mol. The zero-order chi connectivity index (χ0) is 21.5. The van der Waals surface area contributed by atoms with Gasteiger partial charge in [0.1, 0.15) is 11.6 Å². The molecule has 2 aromatic carbocycles. The predicted octanol–water partition coefficient (Wildman–Crippen LogP) is 2.59. The van der Waals surface area contributed by atoms with Crippen molar-refractivity contribution in [1.29, 1.82) is 5.26 Å². The Hall–Kier alpha value is -3.80. The molecule has 2 heterocycles. The maximum atomic E-state index is 12.3. The number of anilines is 1. The van der Waals surface area contributed by atoms with Crippen LogP contribution in [0.15, 0.2) is 64.5 Å². The van der Waals surface area contributed by atoms with Crippen molar-refractivity contribution in [3.05, 3.63) is 81.6 Å². The van der Waals surface area contributed by atoms with Crippen molar-refractivity contribution in [3.8, 4) is 17.3 Å². The van der Waals surface area contributed by atoms with Crippen LogP contribution in [-0.2, 0) is 11.3 Å². The third-order valence-corrected chi connectivity index (χ3v) is 4.95. The van der Waals surface area contributed by atoms with Gasteiger partial charge >= 0.3 is 0 Å². The number of hydrogen-bond acceptors (Lipinski definition) is 7. The summed E-state index contributed by atoms with van der Waals surface area (Å²) in [7, 11) is 0. The number of nitriles is 1. The summed E-state index contributed by atoms with van der Waals surface area (Å²) in [6.45, 7) is 4.38. The highest BCUT2D eigenvalue weighted by atomic mass is 16.5. The van der Waals surface area contributed by atoms with Gasteiger partial charge in [0.25, 0.3) is 5.56 Å². The van der Waals surface area contributed by atoms with E-state index in [-0.39, 0.29) is 11.5 Å². The van der Waals surface area contributed by atoms with Gasteiger partial charge in [0.2, 0.25) is 5.95 Å². The molecule has 0 aliphatic carbocycles. The van der Waals surface area contributed by atoms with Crippen LogP contribution in [0.5, 0.6) is 0 Å². The average Bonchev–Trinajstić information content (AvgIpc) is 2.81. The lowest BCUT2D eigenvalue weighted by molar-refractivity contribution is 0.0342. The molecular formula is C23H22N6O2. The van der Waals surface area contributed by atoms with E-state index in [0.717, 1.165) is 38.4 Å². The monoisotopic (exact) mass is 414 g/mol. The maximum absolute atomic E-state index is 12.3. The number of morpholine rings is 1. The molecule has 0 spiro atoms. The van der Waals surface area contributed by atoms with Crippen LogP contribution in [0.2, 0.25) is 0 Å². The highest BCUT2D eigenvalue weighted by molar-refractivity contribution is 5.80. The van der Waals surface area contributed by atoms with Crippen molar-refractivity contribution in [2.75, 3.05) is 31.7 Å². The second-order valence-electron chi connectivity index (χ2n) is 7.12. The quantitative estimate of drug-likeness (QED) is 0.474. The van der Waals surface area contributed by atoms with Gasteiger partial charge in [-0.1, -0.05) is 54.6 Å². The topological polar surface area (TPSA) is 106 Å². The highest BCUT2D eigenvalue weighted by Crippen LogP contribution is 2.19. The Labute approximate surface area is 179 Å². The molecule has 1 aliphatic heterocycles. The first-order valence-corrected chi connectivity index (χ1v) is 10.0. The van der Waals surface area contributed by atoms with Crippen molar-refractivity contribution in [1.82, 2.24) is 14.9 Å². The van der Waals surface area contributed by atoms with Crippen LogP contribution < -0.4 is 11.0 Å². The van der Waals surface area contributed by atoms with E-state index in [2.05, 4.69) is 37.5 Å². The van der Waals surface area contributed by atoms with Crippen molar-refractivity contribution in [2.24, 2.45) is 5.10 Å². The molecule has 156 valence electrons. The van der Waals surface area contributed by atoms with E-state index in [9.17, 15) is 10.1 Å². The molecule has 0 saturated carbocycles. The largest absolute Gasteiger partial charge is 0.379 e. The van der Waals surface area contributed by atoms with Crippen LogP contribution in [-0.4, -0.2) is 47.4 Å². The van der Waals surface area contributed by atoms with Gasteiger partial charge in [-0.2, -0.15) is 10.4 Å². The van der Waals surface area contributed by atoms with Gasteiger partial charge in [-0.25, -0.2) is 10.4 Å². The second kappa shape index (κ2) is 9.80. The van der Waals surface area contributed by atoms with Gasteiger partial charge in [-0.05, 0) is 11.1 Å². The van der Waals surface area contributed by atoms with Gasteiger partial charge in [0.05, 0.1) is 25.1 Å². The molecule has 0 unspecified atom stereocenters. The van der Waals surface area contributed by atoms with Gasteiger partial charge in [-0.3, -0.25) is 14.7 Å². The number of benzene rings is 2. The van der Waals surface area contributed by atoms with Crippen LogP contribution >= 0.6 is 0 Å². The second-order valence-corrected chi connectivity index (χ2v) is 7.12. The molecule has 31 heavy (non-hydrogen) atoms. The molecular weight excluding hydrogens is 392 g/mol. The van der Waals surface area contributed by atoms with Crippen molar-refractivity contribution in [2.45, 2.75) is 6.54 Å². The number of ether oxygens (including phenoxy) is 1. The number of rotatable bonds is 6. The summed E-state index contributed by atoms with van der Waals surface area (Å²) in [5.41, 5.74) is 5.36. The number of aromatic amines is 1. The number of hydrazone groups is 1. The van der Waals surface area contributed by atoms with E-state index < -0.39 is 5.56 Å². The Balaban J connectivity index is 1.44. The van der Waals surface area contributed by atoms with Crippen molar-refractivity contribution in [3.63, 3.8) is 0 Å². The minimum absolute atomic E-state index is 0.0309. The lowest BCUT2D eigenvalue weighted by atomic mass is 10.1. The van der Waals surface area contributed by atoms with Crippen LogP contribution in [0.25, 0.3) is 11.3 Å². The Bertz CT molecular complexity index is 1140. The Morgan fingerprint density at radius 1 is 1.16 bits per heavy atom. The van der Waals surface area contributed by atoms with E-state index >= 15 is 0 Å². The molecule has 0 radical (unpaired) electrons. The zero-order valence-corrected chi connectivity index (χ0v) is 16.9. The summed E-state index contributed by atoms with van der Waals surface area (Å²) in [6.07, 6.45) is 1.65. The Morgan fingerprint density at radius 2 is 1.90 bits per heavy atom. The summed E-state index contributed by atoms with van der Waals surface area (Å²) in [6, 6.07) is 19.2. The summed E-state index contributed by atoms with van der Waals surface area (Å²) >= 11 is 0. The molecule has 1 aliphatic rings. The standard InChI is InChI=1S/C23H22N6O2/c24-14-20-21(19-4-2-1-3-5-19)26-23(27-22(20)30)28-25-15-17-6-8-18(9-7-17)16-29-10-12-31-13-11-29/h1-9,15H,10-13,16H2,(H2,26,27,28,30). The first kappa shape index (κ1) is 20.5. The normalized spacial score (nSPS) is 14.4. The molecule has 1 aromatic heterocycles. The molecule has 0 bridgehead atoms. The first-order chi connectivity index (χ1) is 15.2. The zero-order valence-electron chi connectivity index (χ0n) is 16.9. The number of aromatic nitrogens is 2. The fourth-order valence-electron chi connectivity index (χ4n) is 3.33. The van der Waals surface area contributed by atoms with Gasteiger partial charge < -0.3 is 4.74 Å². The smallest absolute Gasteiger partial charge is 0.270 e. The molecule has 8 nitrogen and oxygen atoms in total. The van der Waals surface area contributed by atoms with Crippen LogP contribution in [0.4, 0.5) is 5.95 Å². The van der Waals surface area contributed by atoms with Crippen molar-refractivity contribution < 1.29 is 4.74 Å². The number of hydrogen-bond donors (Lipinski definition) is 2. The van der Waals surface area contributed by atoms with Gasteiger partial charge in [0.15, 0.2) is 0 Å². The van der Waals surface area contributed by atoms with Crippen LogP contribution in [0, 0.1) is 11.3 Å². The maximum Gasteiger partial charge on any atom is 0.270 e. The molecule has 2 N–H and O–H groups in total. The molecule has 1 saturated heterocycles. The minimum atomic E-state index is -0.512. The number of nitrogens with one attached hydrogen (secondary N) is 2. The van der Waals surface area contributed by atoms with E-state index in [4.69, 9.17) is 4.74 Å². The van der Waals surface area contributed by atoms with Gasteiger partial charge in [-0.15, -0.1) is 0 Å². The fraction of sp³-hybridized carbons (Fsp3) is 0.217. The predicted molar refractivity (Wildman–Crippen MR) is 119 cm³/mol. The summed E-state index contributed by atoms with van der Waals surface area (Å²) in [5, 5.41) is 13.5. The summed E-state index contributed by atoms with van der Waals surface area (Å²) in [4.78, 5) is 21.6. The van der Waals surface area contributed by atoms with Crippen LogP contribution in [0.3, 0.4) is 0 Å². The van der Waals surface area contributed by atoms with Gasteiger partial charge in [0, 0.05) is 25.2 Å². The number of nitrogens with zero attached hydrogens (tertiary/aromatic N) is 4. The summed E-state index contributed by atoms with van der Waals surface area (Å²) < 4.78 is 5.38. The lowest BCUT2D eigenvalue weighted by Gasteiger charge is -2.26. The first-order valence-electron chi connectivity index (χ1n) is 10.0. The van der Waals surface area contributed by atoms with E-state index in [0.29, 0.717) is 11.3 Å². The third kappa shape index (κ3) is 5.22. The SMILES string of the molecule is N#Cc1c(-c2ccccc2)nc(NN=Cc2ccc(CN3CCOCC3)cc2)[nH]c1=O. The molecule has 3 aromatic rings. The van der Waals surface area contributed by atoms with E-state index in [1.807, 2.05) is 36.4 Å². The molecule has 1 fully saturated rings. The fourth-order valence-corrected chi connectivity index (χ4v) is 3.33. The highest BCUT2D eigenvalue weighted by Gasteiger charge is 2.13. The van der Waals surface area contributed by atoms with Crippen molar-refractivity contribution >= 4 is 12.2 Å². The van der Waals surface area contributed by atoms with E-state index in [1.165, 1.54) is 5.56 Å². The Morgan fingerprint density at radius 3 is 2.61 bits per heavy atom. The molecule has 0 amide bonds. The lowest BCUT2D eigenvalue weighted by Crippen LogP contribution is -2.35. The molecule has 4 rings (SSSR count). The minimum Gasteiger partial charge on any atom is -0.379 e. The summed E-state index contributed by atoms with van der Waals surface area (Å²) in [5.74, 6) is 0.169. The number of H-pyrrole nitrogens is 1.